The van der Waals surface area contributed by atoms with E-state index < -0.39 is 0 Å². The lowest BCUT2D eigenvalue weighted by Gasteiger charge is -2.35. The lowest BCUT2D eigenvalue weighted by molar-refractivity contribution is 0.635. The van der Waals surface area contributed by atoms with Crippen LogP contribution in [0.25, 0.3) is 0 Å². The summed E-state index contributed by atoms with van der Waals surface area (Å²) in [5.41, 5.74) is 2.14. The third kappa shape index (κ3) is 4.96. The van der Waals surface area contributed by atoms with Crippen molar-refractivity contribution in [1.29, 1.82) is 0 Å². The second-order valence-corrected chi connectivity index (χ2v) is 8.04. The SMILES string of the molecule is CN(C)c1cccc(Nc2cc(N(C)C)nc(N3CCN(c4ccccn4)CC3)n2)c1. The second-order valence-electron chi connectivity index (χ2n) is 8.04. The highest BCUT2D eigenvalue weighted by molar-refractivity contribution is 5.66. The molecule has 162 valence electrons. The van der Waals surface area contributed by atoms with Crippen molar-refractivity contribution in [3.8, 4) is 0 Å². The number of nitrogens with one attached hydrogen (secondary N) is 1. The molecule has 0 spiro atoms. The molecule has 2 aromatic heterocycles. The monoisotopic (exact) mass is 418 g/mol. The summed E-state index contributed by atoms with van der Waals surface area (Å²) in [6.07, 6.45) is 1.84. The highest BCUT2D eigenvalue weighted by atomic mass is 15.3. The summed E-state index contributed by atoms with van der Waals surface area (Å²) in [5.74, 6) is 3.44. The first-order valence-electron chi connectivity index (χ1n) is 10.5. The molecule has 8 heteroatoms. The summed E-state index contributed by atoms with van der Waals surface area (Å²) < 4.78 is 0. The number of benzene rings is 1. The van der Waals surface area contributed by atoms with Gasteiger partial charge in [-0.1, -0.05) is 12.1 Å². The van der Waals surface area contributed by atoms with E-state index in [1.54, 1.807) is 0 Å². The maximum Gasteiger partial charge on any atom is 0.229 e. The van der Waals surface area contributed by atoms with Crippen molar-refractivity contribution >= 4 is 34.8 Å². The normalized spacial score (nSPS) is 13.8. The zero-order valence-corrected chi connectivity index (χ0v) is 18.7. The van der Waals surface area contributed by atoms with Gasteiger partial charge in [0.2, 0.25) is 5.95 Å². The zero-order valence-electron chi connectivity index (χ0n) is 18.7. The van der Waals surface area contributed by atoms with Crippen molar-refractivity contribution in [2.24, 2.45) is 0 Å². The smallest absolute Gasteiger partial charge is 0.229 e. The minimum absolute atomic E-state index is 0.748. The number of hydrogen-bond donors (Lipinski definition) is 1. The first-order chi connectivity index (χ1) is 15.0. The van der Waals surface area contributed by atoms with E-state index in [1.165, 1.54) is 0 Å². The summed E-state index contributed by atoms with van der Waals surface area (Å²) in [6.45, 7) is 3.48. The van der Waals surface area contributed by atoms with Crippen molar-refractivity contribution in [3.63, 3.8) is 0 Å². The van der Waals surface area contributed by atoms with Gasteiger partial charge in [-0.3, -0.25) is 0 Å². The molecule has 3 heterocycles. The molecule has 4 rings (SSSR count). The lowest BCUT2D eigenvalue weighted by atomic mass is 10.2. The molecule has 0 saturated carbocycles. The molecule has 0 amide bonds. The standard InChI is InChI=1S/C23H30N8/c1-28(2)19-9-7-8-18(16-19)25-20-17-22(29(3)4)27-23(26-20)31-14-12-30(13-15-31)21-10-5-6-11-24-21/h5-11,16-17H,12-15H2,1-4H3,(H,25,26,27). The molecule has 1 aromatic carbocycles. The average Bonchev–Trinajstić information content (AvgIpc) is 2.79. The van der Waals surface area contributed by atoms with Crippen LogP contribution in [0.2, 0.25) is 0 Å². The van der Waals surface area contributed by atoms with E-state index in [4.69, 9.17) is 9.97 Å². The van der Waals surface area contributed by atoms with E-state index in [0.29, 0.717) is 0 Å². The van der Waals surface area contributed by atoms with Gasteiger partial charge < -0.3 is 24.9 Å². The van der Waals surface area contributed by atoms with Crippen molar-refractivity contribution in [2.75, 3.05) is 79.3 Å². The molecule has 0 unspecified atom stereocenters. The fraction of sp³-hybridized carbons (Fsp3) is 0.348. The Kier molecular flexibility index (Phi) is 6.06. The van der Waals surface area contributed by atoms with Crippen LogP contribution in [0.3, 0.4) is 0 Å². The highest BCUT2D eigenvalue weighted by Crippen LogP contribution is 2.25. The number of anilines is 6. The molecular weight excluding hydrogens is 388 g/mol. The minimum atomic E-state index is 0.748. The van der Waals surface area contributed by atoms with Gasteiger partial charge in [-0.05, 0) is 30.3 Å². The average molecular weight is 419 g/mol. The second kappa shape index (κ2) is 9.07. The van der Waals surface area contributed by atoms with E-state index in [9.17, 15) is 0 Å². The van der Waals surface area contributed by atoms with Gasteiger partial charge in [-0.2, -0.15) is 9.97 Å². The molecule has 0 radical (unpaired) electrons. The Hall–Kier alpha value is -3.55. The van der Waals surface area contributed by atoms with E-state index in [2.05, 4.69) is 49.3 Å². The number of piperazine rings is 1. The summed E-state index contributed by atoms with van der Waals surface area (Å²) in [7, 11) is 8.08. The molecule has 31 heavy (non-hydrogen) atoms. The fourth-order valence-electron chi connectivity index (χ4n) is 3.54. The van der Waals surface area contributed by atoms with Crippen LogP contribution in [0.5, 0.6) is 0 Å². The van der Waals surface area contributed by atoms with Crippen LogP contribution in [-0.4, -0.2) is 69.3 Å². The topological polar surface area (TPSA) is 63.7 Å². The Morgan fingerprint density at radius 1 is 0.806 bits per heavy atom. The van der Waals surface area contributed by atoms with Gasteiger partial charge in [0, 0.05) is 78.0 Å². The van der Waals surface area contributed by atoms with Crippen LogP contribution in [0, 0.1) is 0 Å². The van der Waals surface area contributed by atoms with Gasteiger partial charge in [0.1, 0.15) is 17.5 Å². The Balaban J connectivity index is 1.53. The number of nitrogens with zero attached hydrogens (tertiary/aromatic N) is 7. The molecule has 1 fully saturated rings. The van der Waals surface area contributed by atoms with Crippen molar-refractivity contribution in [2.45, 2.75) is 0 Å². The maximum atomic E-state index is 4.84. The van der Waals surface area contributed by atoms with Crippen LogP contribution < -0.4 is 24.9 Å². The maximum absolute atomic E-state index is 4.84. The molecular formula is C23H30N8. The lowest BCUT2D eigenvalue weighted by Crippen LogP contribution is -2.47. The van der Waals surface area contributed by atoms with Gasteiger partial charge in [0.25, 0.3) is 0 Å². The number of pyridine rings is 1. The summed E-state index contributed by atoms with van der Waals surface area (Å²) in [4.78, 5) is 22.8. The Labute approximate surface area is 184 Å². The van der Waals surface area contributed by atoms with Crippen molar-refractivity contribution < 1.29 is 0 Å². The van der Waals surface area contributed by atoms with Crippen LogP contribution in [0.1, 0.15) is 0 Å². The van der Waals surface area contributed by atoms with E-state index in [0.717, 1.165) is 61.0 Å². The van der Waals surface area contributed by atoms with Gasteiger partial charge >= 0.3 is 0 Å². The molecule has 0 aliphatic carbocycles. The van der Waals surface area contributed by atoms with Gasteiger partial charge in [0.15, 0.2) is 0 Å². The highest BCUT2D eigenvalue weighted by Gasteiger charge is 2.21. The Morgan fingerprint density at radius 2 is 1.58 bits per heavy atom. The number of aromatic nitrogens is 3. The van der Waals surface area contributed by atoms with Crippen LogP contribution in [0.15, 0.2) is 54.7 Å². The zero-order chi connectivity index (χ0) is 21.8. The quantitative estimate of drug-likeness (QED) is 0.655. The molecule has 1 saturated heterocycles. The van der Waals surface area contributed by atoms with Crippen LogP contribution >= 0.6 is 0 Å². The van der Waals surface area contributed by atoms with Gasteiger partial charge in [-0.15, -0.1) is 0 Å². The number of rotatable bonds is 6. The number of hydrogen-bond acceptors (Lipinski definition) is 8. The van der Waals surface area contributed by atoms with Crippen LogP contribution in [-0.2, 0) is 0 Å². The predicted octanol–water partition coefficient (Wildman–Crippen LogP) is 3.07. The third-order valence-electron chi connectivity index (χ3n) is 5.33. The van der Waals surface area contributed by atoms with Crippen molar-refractivity contribution in [3.05, 3.63) is 54.7 Å². The summed E-state index contributed by atoms with van der Waals surface area (Å²) in [5, 5.41) is 3.46. The van der Waals surface area contributed by atoms with E-state index in [1.807, 2.05) is 63.6 Å². The Morgan fingerprint density at radius 3 is 2.26 bits per heavy atom. The summed E-state index contributed by atoms with van der Waals surface area (Å²) >= 11 is 0. The van der Waals surface area contributed by atoms with Crippen molar-refractivity contribution in [1.82, 2.24) is 15.0 Å². The Bertz CT molecular complexity index is 997. The van der Waals surface area contributed by atoms with E-state index in [-0.39, 0.29) is 0 Å². The molecule has 1 N–H and O–H groups in total. The predicted molar refractivity (Wildman–Crippen MR) is 129 cm³/mol. The molecule has 0 bridgehead atoms. The largest absolute Gasteiger partial charge is 0.378 e. The van der Waals surface area contributed by atoms with Gasteiger partial charge in [0.05, 0.1) is 0 Å². The van der Waals surface area contributed by atoms with Gasteiger partial charge in [-0.25, -0.2) is 4.98 Å². The fourth-order valence-corrected chi connectivity index (χ4v) is 3.54. The third-order valence-corrected chi connectivity index (χ3v) is 5.33. The molecule has 8 nitrogen and oxygen atoms in total. The molecule has 3 aromatic rings. The molecule has 1 aliphatic rings. The first-order valence-corrected chi connectivity index (χ1v) is 10.5. The molecule has 0 atom stereocenters. The summed E-state index contributed by atoms with van der Waals surface area (Å²) in [6, 6.07) is 16.3. The van der Waals surface area contributed by atoms with E-state index >= 15 is 0 Å². The first kappa shape index (κ1) is 20.7. The molecule has 1 aliphatic heterocycles. The minimum Gasteiger partial charge on any atom is -0.378 e. The van der Waals surface area contributed by atoms with Crippen LogP contribution in [0.4, 0.5) is 34.8 Å².